The lowest BCUT2D eigenvalue weighted by atomic mass is 9.90. The number of carbonyl (C=O) groups excluding carboxylic acids is 10. The van der Waals surface area contributed by atoms with Crippen molar-refractivity contribution in [1.29, 1.82) is 0 Å². The first kappa shape index (κ1) is 85.5. The number of nitrogens with zero attached hydrogens (tertiary/aromatic N) is 6. The molecule has 0 saturated carbocycles. The number of ether oxygens (including phenoxy) is 14. The molecule has 0 amide bonds. The van der Waals surface area contributed by atoms with Crippen LogP contribution >= 0.6 is 0 Å². The number of sulfone groups is 1. The van der Waals surface area contributed by atoms with E-state index in [1.54, 1.807) is 27.7 Å². The molecule has 1 unspecified atom stereocenters. The smallest absolute Gasteiger partial charge is 0.463 e. The van der Waals surface area contributed by atoms with Gasteiger partial charge in [-0.25, -0.2) is 51.6 Å². The van der Waals surface area contributed by atoms with E-state index in [-0.39, 0.29) is 113 Å². The van der Waals surface area contributed by atoms with Crippen LogP contribution in [0, 0.1) is 71.5 Å². The van der Waals surface area contributed by atoms with Gasteiger partial charge < -0.3 is 71.4 Å². The Hall–Kier alpha value is -14.5. The maximum Gasteiger partial charge on any atom is 0.519 e. The summed E-state index contributed by atoms with van der Waals surface area (Å²) < 4.78 is 88.7. The molecule has 1 N–H and O–H groups in total. The number of nitro groups is 6. The highest BCUT2D eigenvalue weighted by Crippen LogP contribution is 2.33. The van der Waals surface area contributed by atoms with E-state index >= 15 is 0 Å². The predicted molar refractivity (Wildman–Crippen MR) is 359 cm³/mol. The lowest BCUT2D eigenvalue weighted by Gasteiger charge is -2.20. The third kappa shape index (κ3) is 26.5. The number of rotatable bonds is 16. The summed E-state index contributed by atoms with van der Waals surface area (Å²) in [6, 6.07) is 28.9. The van der Waals surface area contributed by atoms with Gasteiger partial charge in [-0.15, -0.1) is 0 Å². The topological polar surface area (TPSA) is 613 Å². The monoisotopic (exact) mass is 1580 g/mol. The number of aliphatic hydroxyl groups excluding tert-OH is 1. The predicted octanol–water partition coefficient (Wildman–Crippen LogP) is 8.75. The number of hydrogen-bond donors (Lipinski definition) is 1. The van der Waals surface area contributed by atoms with Crippen LogP contribution in [0.1, 0.15) is 47.0 Å². The number of benzene rings is 6. The minimum Gasteiger partial charge on any atom is -0.463 e. The molecule has 5 aliphatic rings. The van der Waals surface area contributed by atoms with E-state index in [9.17, 15) is 117 Å². The first-order valence-corrected chi connectivity index (χ1v) is 32.9. The maximum atomic E-state index is 11.6. The first-order chi connectivity index (χ1) is 52.2. The molecule has 5 heterocycles. The zero-order chi connectivity index (χ0) is 82.1. The van der Waals surface area contributed by atoms with E-state index in [0.29, 0.717) is 6.61 Å². The molecule has 111 heavy (non-hydrogen) atoms. The Kier molecular flexibility index (Phi) is 29.8. The molecule has 45 nitrogen and oxygen atoms in total. The Morgan fingerprint density at radius 3 is 0.811 bits per heavy atom. The third-order valence-corrected chi connectivity index (χ3v) is 16.1. The first-order valence-electron chi connectivity index (χ1n) is 31.2. The molecule has 46 heteroatoms. The van der Waals surface area contributed by atoms with E-state index in [1.165, 1.54) is 133 Å². The Labute approximate surface area is 620 Å². The zero-order valence-corrected chi connectivity index (χ0v) is 58.3. The highest BCUT2D eigenvalue weighted by Gasteiger charge is 2.47. The van der Waals surface area contributed by atoms with Crippen molar-refractivity contribution >= 4 is 104 Å². The molecule has 5 saturated heterocycles. The van der Waals surface area contributed by atoms with Crippen LogP contribution in [0.25, 0.3) is 0 Å². The van der Waals surface area contributed by atoms with Gasteiger partial charge in [0.1, 0.15) is 41.1 Å². The summed E-state index contributed by atoms with van der Waals surface area (Å²) in [5.41, 5.74) is -1.88. The van der Waals surface area contributed by atoms with Crippen molar-refractivity contribution in [2.45, 2.75) is 77.5 Å². The summed E-state index contributed by atoms with van der Waals surface area (Å²) >= 11 is 0. The fourth-order valence-corrected chi connectivity index (χ4v) is 9.87. The van der Waals surface area contributed by atoms with Crippen LogP contribution in [0.15, 0.2) is 146 Å². The van der Waals surface area contributed by atoms with Gasteiger partial charge in [-0.3, -0.25) is 65.5 Å². The largest absolute Gasteiger partial charge is 0.519 e. The van der Waals surface area contributed by atoms with E-state index in [2.05, 4.69) is 18.9 Å². The fraction of sp³-hybridized carbons (Fsp3) is 0.292. The molecule has 0 bridgehead atoms. The summed E-state index contributed by atoms with van der Waals surface area (Å²) in [5.74, 6) is -2.36. The van der Waals surface area contributed by atoms with Gasteiger partial charge in [0, 0.05) is 103 Å². The second-order valence-corrected chi connectivity index (χ2v) is 25.7. The fourth-order valence-electron chi connectivity index (χ4n) is 8.58. The average Bonchev–Trinajstić information content (AvgIpc) is 1.69. The van der Waals surface area contributed by atoms with Gasteiger partial charge in [-0.05, 0) is 72.8 Å². The normalized spacial score (nSPS) is 18.1. The number of aliphatic hydroxyl groups is 1. The molecule has 11 rings (SSSR count). The van der Waals surface area contributed by atoms with E-state index in [4.69, 9.17) is 52.5 Å². The lowest BCUT2D eigenvalue weighted by Crippen LogP contribution is -2.35. The lowest BCUT2D eigenvalue weighted by molar-refractivity contribution is -0.385. The van der Waals surface area contributed by atoms with Gasteiger partial charge in [0.05, 0.1) is 55.1 Å². The van der Waals surface area contributed by atoms with Gasteiger partial charge in [-0.1, -0.05) is 27.7 Å². The number of non-ortho nitro benzene ring substituents is 6. The van der Waals surface area contributed by atoms with Crippen molar-refractivity contribution in [2.75, 3.05) is 32.2 Å². The van der Waals surface area contributed by atoms with E-state index < -0.39 is 140 Å². The quantitative estimate of drug-likeness (QED) is 0.0311. The molecule has 0 aliphatic carbocycles. The number of hydrogen-bond acceptors (Lipinski definition) is 39. The van der Waals surface area contributed by atoms with Crippen molar-refractivity contribution in [3.8, 4) is 34.5 Å². The standard InChI is InChI=1S/C13H8N2O7.C13H13NO7.C11H9NO8S.2C11H9NO7.C6H10O3/c16-13(21-11-5-1-9(2-6-11)14(17)18)22-12-7-3-10(4-8-12)15(19)20;1-13(2)7-19-11(15)10(13)21-12(16)20-9-5-3-8(4-6-9)14(17)18;13-10-9(5-6-21(10,17)18)20-11(14)19-8-3-1-7(2-4-8)12(15)16;2*13-10-9(5-6-17-10)19-11(14)18-8-3-1-7(2-4-8)12(15)16;1-6(2)3-9-5(8)4(6)7/h1-8H;3-6,10H,7H2,1-2H3;1-4,9H,5-6H2;2*1-4,9H,5-6H2;4,7H,3H2,1-2H3/t;10-;;2*9-;4-/m.0.100/s1. The summed E-state index contributed by atoms with van der Waals surface area (Å²) in [6.07, 6.45) is -10.3. The second kappa shape index (κ2) is 38.7. The van der Waals surface area contributed by atoms with Gasteiger partial charge in [0.2, 0.25) is 28.1 Å². The van der Waals surface area contributed by atoms with Gasteiger partial charge >= 0.3 is 54.7 Å². The molecule has 5 fully saturated rings. The molecule has 588 valence electrons. The van der Waals surface area contributed by atoms with E-state index in [0.717, 1.165) is 12.1 Å². The van der Waals surface area contributed by atoms with Crippen molar-refractivity contribution in [2.24, 2.45) is 10.8 Å². The Morgan fingerprint density at radius 2 is 0.613 bits per heavy atom. The molecule has 0 aromatic heterocycles. The summed E-state index contributed by atoms with van der Waals surface area (Å²) in [4.78, 5) is 172. The average molecular weight is 1580 g/mol. The van der Waals surface area contributed by atoms with E-state index in [1.807, 2.05) is 0 Å². The van der Waals surface area contributed by atoms with Gasteiger partial charge in [-0.2, -0.15) is 0 Å². The highest BCUT2D eigenvalue weighted by molar-refractivity contribution is 8.06. The molecular weight excluding hydrogens is 1520 g/mol. The second-order valence-electron chi connectivity index (χ2n) is 23.6. The molecule has 6 aromatic carbocycles. The van der Waals surface area contributed by atoms with Crippen LogP contribution in [0.3, 0.4) is 0 Å². The Balaban J connectivity index is 0.000000211. The van der Waals surface area contributed by atoms with Crippen LogP contribution in [-0.2, 0) is 71.7 Å². The SMILES string of the molecule is CC1(C)COC(=O)[C@@H]1O.CC1(C)COC(=O)[C@@H]1OC(=O)Oc1ccc([N+](=O)[O-])cc1.O=C(Oc1ccc([N+](=O)[O-])cc1)OC1CCS(=O)(=O)C1=O.O=C(Oc1ccc([N+](=O)[O-])cc1)O[C@@H]1CCOC1=O.O=C(Oc1ccc([N+](=O)[O-])cc1)O[C@H]1CCOC1=O.O=C(Oc1ccc([N+](=O)[O-])cc1)Oc1ccc([N+](=O)[O-])cc1. The molecule has 0 spiro atoms. The number of cyclic esters (lactones) is 4. The summed E-state index contributed by atoms with van der Waals surface area (Å²) in [6.45, 7) is 7.92. The summed E-state index contributed by atoms with van der Waals surface area (Å²) in [7, 11) is -3.85. The zero-order valence-electron chi connectivity index (χ0n) is 57.5. The molecule has 6 aromatic rings. The summed E-state index contributed by atoms with van der Waals surface area (Å²) in [5, 5.41) is 70.6. The molecular formula is C65H58N6O39S. The molecule has 0 radical (unpaired) electrons. The Morgan fingerprint density at radius 1 is 0.360 bits per heavy atom. The van der Waals surface area contributed by atoms with Gasteiger partial charge in [0.15, 0.2) is 12.2 Å². The molecule has 5 aliphatic heterocycles. The highest BCUT2D eigenvalue weighted by atomic mass is 32.2. The van der Waals surface area contributed by atoms with Crippen LogP contribution in [0.5, 0.6) is 34.5 Å². The molecule has 5 atom stereocenters. The maximum absolute atomic E-state index is 11.6. The number of esters is 4. The van der Waals surface area contributed by atoms with Crippen LogP contribution in [0.2, 0.25) is 0 Å². The number of nitro benzene ring substituents is 6. The Bertz CT molecular complexity index is 4440. The minimum atomic E-state index is -3.85. The number of carbonyl (C=O) groups is 10. The van der Waals surface area contributed by atoms with Crippen LogP contribution in [-0.4, -0.2) is 166 Å². The van der Waals surface area contributed by atoms with Crippen LogP contribution in [0.4, 0.5) is 58.1 Å². The van der Waals surface area contributed by atoms with Crippen molar-refractivity contribution in [1.82, 2.24) is 0 Å². The van der Waals surface area contributed by atoms with Crippen molar-refractivity contribution in [3.63, 3.8) is 0 Å². The van der Waals surface area contributed by atoms with Crippen LogP contribution < -0.4 is 28.4 Å². The van der Waals surface area contributed by atoms with Gasteiger partial charge in [0.25, 0.3) is 39.2 Å². The van der Waals surface area contributed by atoms with Crippen molar-refractivity contribution < 1.29 is 157 Å². The third-order valence-electron chi connectivity index (χ3n) is 14.5. The minimum absolute atomic E-state index is 0.0288. The van der Waals surface area contributed by atoms with Crippen molar-refractivity contribution in [3.05, 3.63) is 206 Å².